The number of carbonyl (C=O) groups excluding carboxylic acids is 1. The second-order valence-corrected chi connectivity index (χ2v) is 7.48. The van der Waals surface area contributed by atoms with Crippen LogP contribution >= 0.6 is 35.0 Å². The van der Waals surface area contributed by atoms with E-state index in [1.807, 2.05) is 30.3 Å². The predicted molar refractivity (Wildman–Crippen MR) is 108 cm³/mol. The van der Waals surface area contributed by atoms with Crippen molar-refractivity contribution in [2.24, 2.45) is 10.2 Å². The summed E-state index contributed by atoms with van der Waals surface area (Å²) in [6, 6.07) is 12.8. The number of amidine groups is 1. The van der Waals surface area contributed by atoms with Gasteiger partial charge in [0.15, 0.2) is 5.17 Å². The summed E-state index contributed by atoms with van der Waals surface area (Å²) in [7, 11) is 1.61. The van der Waals surface area contributed by atoms with Gasteiger partial charge in [0.25, 0.3) is 0 Å². The minimum absolute atomic E-state index is 0.0977. The normalized spacial score (nSPS) is 18.5. The molecular weight excluding hydrogens is 393 g/mol. The Morgan fingerprint density at radius 3 is 2.65 bits per heavy atom. The second kappa shape index (κ2) is 8.58. The van der Waals surface area contributed by atoms with Crippen molar-refractivity contribution >= 4 is 52.3 Å². The molecule has 5 nitrogen and oxygen atoms in total. The van der Waals surface area contributed by atoms with Gasteiger partial charge in [0.05, 0.1) is 28.6 Å². The molecule has 0 aromatic heterocycles. The van der Waals surface area contributed by atoms with Crippen LogP contribution in [0.1, 0.15) is 11.1 Å². The summed E-state index contributed by atoms with van der Waals surface area (Å²) in [5.74, 6) is 0.677. The van der Waals surface area contributed by atoms with Crippen molar-refractivity contribution in [1.29, 1.82) is 0 Å². The van der Waals surface area contributed by atoms with E-state index in [2.05, 4.69) is 15.5 Å². The fourth-order valence-electron chi connectivity index (χ4n) is 2.31. The van der Waals surface area contributed by atoms with Gasteiger partial charge in [-0.3, -0.25) is 4.79 Å². The third kappa shape index (κ3) is 4.78. The lowest BCUT2D eigenvalue weighted by Gasteiger charge is -2.06. The van der Waals surface area contributed by atoms with Crippen LogP contribution in [0.25, 0.3) is 0 Å². The number of methoxy groups -OCH3 is 1. The third-order valence-electron chi connectivity index (χ3n) is 3.65. The van der Waals surface area contributed by atoms with Crippen molar-refractivity contribution in [1.82, 2.24) is 5.32 Å². The Kier molecular flexibility index (Phi) is 6.19. The molecule has 1 aliphatic heterocycles. The third-order valence-corrected chi connectivity index (χ3v) is 5.46. The van der Waals surface area contributed by atoms with E-state index in [4.69, 9.17) is 27.9 Å². The number of benzene rings is 2. The number of carbonyl (C=O) groups is 1. The molecule has 2 aromatic rings. The summed E-state index contributed by atoms with van der Waals surface area (Å²) in [5, 5.41) is 12.0. The first kappa shape index (κ1) is 18.8. The SMILES string of the molecule is COc1ccc(/C=N/N=C2/NC(=O)[C@H](Cc3ccc(Cl)c(Cl)c3)S2)cc1. The van der Waals surface area contributed by atoms with Crippen LogP contribution in [0.15, 0.2) is 52.7 Å². The molecule has 0 aliphatic carbocycles. The van der Waals surface area contributed by atoms with Crippen molar-refractivity contribution in [2.75, 3.05) is 7.11 Å². The molecule has 0 spiro atoms. The highest BCUT2D eigenvalue weighted by Crippen LogP contribution is 2.27. The van der Waals surface area contributed by atoms with Gasteiger partial charge in [0.1, 0.15) is 5.75 Å². The van der Waals surface area contributed by atoms with Crippen LogP contribution in [0.2, 0.25) is 10.0 Å². The predicted octanol–water partition coefficient (Wildman–Crippen LogP) is 4.17. The Morgan fingerprint density at radius 2 is 1.96 bits per heavy atom. The van der Waals surface area contributed by atoms with Crippen molar-refractivity contribution in [3.8, 4) is 5.75 Å². The van der Waals surface area contributed by atoms with E-state index in [1.54, 1.807) is 25.5 Å². The molecule has 2 aromatic carbocycles. The first-order chi connectivity index (χ1) is 12.5. The lowest BCUT2D eigenvalue weighted by Crippen LogP contribution is -2.25. The van der Waals surface area contributed by atoms with E-state index >= 15 is 0 Å². The molecule has 1 saturated heterocycles. The van der Waals surface area contributed by atoms with Gasteiger partial charge in [-0.15, -0.1) is 5.10 Å². The summed E-state index contributed by atoms with van der Waals surface area (Å²) in [5.41, 5.74) is 1.83. The van der Waals surface area contributed by atoms with Crippen LogP contribution in [0, 0.1) is 0 Å². The number of amides is 1. The van der Waals surface area contributed by atoms with Crippen molar-refractivity contribution < 1.29 is 9.53 Å². The quantitative estimate of drug-likeness (QED) is 0.597. The van der Waals surface area contributed by atoms with Crippen LogP contribution in [0.5, 0.6) is 5.75 Å². The lowest BCUT2D eigenvalue weighted by atomic mass is 10.1. The Morgan fingerprint density at radius 1 is 1.19 bits per heavy atom. The molecule has 134 valence electrons. The molecule has 1 aliphatic rings. The first-order valence-electron chi connectivity index (χ1n) is 7.71. The fourth-order valence-corrected chi connectivity index (χ4v) is 3.59. The Balaban J connectivity index is 1.61. The van der Waals surface area contributed by atoms with Crippen molar-refractivity contribution in [3.63, 3.8) is 0 Å². The Hall–Kier alpha value is -2.02. The highest BCUT2D eigenvalue weighted by molar-refractivity contribution is 8.15. The maximum atomic E-state index is 12.1. The topological polar surface area (TPSA) is 63.1 Å². The Labute approximate surface area is 165 Å². The summed E-state index contributed by atoms with van der Waals surface area (Å²) in [6.45, 7) is 0. The van der Waals surface area contributed by atoms with Crippen molar-refractivity contribution in [3.05, 3.63) is 63.6 Å². The number of halogens is 2. The van der Waals surface area contributed by atoms with E-state index in [0.717, 1.165) is 16.9 Å². The number of nitrogens with zero attached hydrogens (tertiary/aromatic N) is 2. The monoisotopic (exact) mass is 407 g/mol. The van der Waals surface area contributed by atoms with Gasteiger partial charge in [-0.25, -0.2) is 0 Å². The number of ether oxygens (including phenoxy) is 1. The second-order valence-electron chi connectivity index (χ2n) is 5.47. The zero-order valence-corrected chi connectivity index (χ0v) is 16.1. The zero-order chi connectivity index (χ0) is 18.5. The van der Waals surface area contributed by atoms with Crippen LogP contribution in [0.4, 0.5) is 0 Å². The highest BCUT2D eigenvalue weighted by atomic mass is 35.5. The average molecular weight is 408 g/mol. The standard InChI is InChI=1S/C18H15Cl2N3O2S/c1-25-13-5-2-11(3-6-13)10-21-23-18-22-17(24)16(26-18)9-12-4-7-14(19)15(20)8-12/h2-8,10,16H,9H2,1H3,(H,22,23,24)/b21-10+/t16-/m0/s1. The molecule has 0 saturated carbocycles. The fraction of sp³-hybridized carbons (Fsp3) is 0.167. The molecule has 1 amide bonds. The van der Waals surface area contributed by atoms with Gasteiger partial charge >= 0.3 is 0 Å². The number of thioether (sulfide) groups is 1. The molecule has 1 fully saturated rings. The first-order valence-corrected chi connectivity index (χ1v) is 9.35. The number of rotatable bonds is 5. The maximum Gasteiger partial charge on any atom is 0.239 e. The number of nitrogens with one attached hydrogen (secondary N) is 1. The van der Waals surface area contributed by atoms with E-state index in [-0.39, 0.29) is 11.2 Å². The molecule has 3 rings (SSSR count). The van der Waals surface area contributed by atoms with Crippen molar-refractivity contribution in [2.45, 2.75) is 11.7 Å². The molecule has 0 unspecified atom stereocenters. The molecule has 0 radical (unpaired) electrons. The highest BCUT2D eigenvalue weighted by Gasteiger charge is 2.30. The van der Waals surface area contributed by atoms with Gasteiger partial charge in [0, 0.05) is 0 Å². The summed E-state index contributed by atoms with van der Waals surface area (Å²) < 4.78 is 5.10. The number of hydrogen-bond donors (Lipinski definition) is 1. The minimum atomic E-state index is -0.276. The molecular formula is C18H15Cl2N3O2S. The van der Waals surface area contributed by atoms with E-state index < -0.39 is 0 Å². The molecule has 1 N–H and O–H groups in total. The molecule has 1 heterocycles. The van der Waals surface area contributed by atoms with Crippen LogP contribution < -0.4 is 10.1 Å². The van der Waals surface area contributed by atoms with E-state index in [9.17, 15) is 4.79 Å². The number of hydrogen-bond acceptors (Lipinski definition) is 5. The molecule has 1 atom stereocenters. The van der Waals surface area contributed by atoms with Gasteiger partial charge in [-0.05, 0) is 53.9 Å². The minimum Gasteiger partial charge on any atom is -0.497 e. The zero-order valence-electron chi connectivity index (χ0n) is 13.8. The van der Waals surface area contributed by atoms with Gasteiger partial charge in [0.2, 0.25) is 5.91 Å². The average Bonchev–Trinajstić information content (AvgIpc) is 2.98. The smallest absolute Gasteiger partial charge is 0.239 e. The van der Waals surface area contributed by atoms with Gasteiger partial charge in [-0.2, -0.15) is 5.10 Å². The molecule has 26 heavy (non-hydrogen) atoms. The van der Waals surface area contributed by atoms with Crippen LogP contribution in [-0.4, -0.2) is 29.6 Å². The Bertz CT molecular complexity index is 869. The van der Waals surface area contributed by atoms with Crippen LogP contribution in [-0.2, 0) is 11.2 Å². The van der Waals surface area contributed by atoms with E-state index in [0.29, 0.717) is 21.6 Å². The largest absolute Gasteiger partial charge is 0.497 e. The summed E-state index contributed by atoms with van der Waals surface area (Å²) in [4.78, 5) is 12.1. The van der Waals surface area contributed by atoms with Gasteiger partial charge < -0.3 is 10.1 Å². The van der Waals surface area contributed by atoms with Crippen LogP contribution in [0.3, 0.4) is 0 Å². The lowest BCUT2D eigenvalue weighted by molar-refractivity contribution is -0.118. The summed E-state index contributed by atoms with van der Waals surface area (Å²) in [6.07, 6.45) is 2.15. The summed E-state index contributed by atoms with van der Waals surface area (Å²) >= 11 is 13.3. The maximum absolute atomic E-state index is 12.1. The molecule has 8 heteroatoms. The van der Waals surface area contributed by atoms with E-state index in [1.165, 1.54) is 11.8 Å². The molecule has 0 bridgehead atoms. The van der Waals surface area contributed by atoms with Gasteiger partial charge in [-0.1, -0.05) is 41.0 Å².